The maximum absolute atomic E-state index is 12.5. The first-order valence-corrected chi connectivity index (χ1v) is 8.16. The molecular weight excluding hydrogens is 272 g/mol. The summed E-state index contributed by atoms with van der Waals surface area (Å²) in [6.07, 6.45) is 10.3. The number of nitrogens with one attached hydrogen (secondary N) is 1. The van der Waals surface area contributed by atoms with E-state index < -0.39 is 0 Å². The largest absolute Gasteiger partial charge is 0.341 e. The van der Waals surface area contributed by atoms with Crippen molar-refractivity contribution in [3.8, 4) is 0 Å². The summed E-state index contributed by atoms with van der Waals surface area (Å²) in [5.41, 5.74) is 0. The number of piperidine rings is 1. The predicted molar refractivity (Wildman–Crippen MR) is 86.3 cm³/mol. The fourth-order valence-electron chi connectivity index (χ4n) is 3.75. The molecule has 1 heterocycles. The van der Waals surface area contributed by atoms with E-state index in [2.05, 4.69) is 17.1 Å². The molecule has 2 unspecified atom stereocenters. The minimum Gasteiger partial charge on any atom is -0.341 e. The number of carbonyl (C=O) groups excluding carboxylic acids is 1. The van der Waals surface area contributed by atoms with Gasteiger partial charge in [-0.15, -0.1) is 12.4 Å². The van der Waals surface area contributed by atoms with Crippen molar-refractivity contribution >= 4 is 18.3 Å². The zero-order valence-corrected chi connectivity index (χ0v) is 13.9. The third-order valence-corrected chi connectivity index (χ3v) is 4.97. The standard InChI is InChI=1S/C16H30N2O.ClH/c1-13(11-14-7-4-3-5-8-14)16(19)18-10-6-9-15(12-18)17-2;/h13-15,17H,3-12H2,1-2H3;1H. The third-order valence-electron chi connectivity index (χ3n) is 4.97. The van der Waals surface area contributed by atoms with Crippen molar-refractivity contribution in [2.45, 2.75) is 64.3 Å². The van der Waals surface area contributed by atoms with Gasteiger partial charge >= 0.3 is 0 Å². The number of carbonyl (C=O) groups is 1. The van der Waals surface area contributed by atoms with Crippen LogP contribution in [0, 0.1) is 11.8 Å². The Morgan fingerprint density at radius 1 is 1.20 bits per heavy atom. The smallest absolute Gasteiger partial charge is 0.225 e. The van der Waals surface area contributed by atoms with Gasteiger partial charge in [-0.05, 0) is 32.2 Å². The molecule has 0 aromatic rings. The van der Waals surface area contributed by atoms with Gasteiger partial charge in [0, 0.05) is 25.0 Å². The summed E-state index contributed by atoms with van der Waals surface area (Å²) in [7, 11) is 2.00. The Bertz CT molecular complexity index is 292. The highest BCUT2D eigenvalue weighted by molar-refractivity contribution is 5.85. The fraction of sp³-hybridized carbons (Fsp3) is 0.938. The number of nitrogens with zero attached hydrogens (tertiary/aromatic N) is 1. The van der Waals surface area contributed by atoms with Crippen LogP contribution in [0.25, 0.3) is 0 Å². The van der Waals surface area contributed by atoms with Crippen LogP contribution >= 0.6 is 12.4 Å². The summed E-state index contributed by atoms with van der Waals surface area (Å²) in [6, 6.07) is 0.500. The van der Waals surface area contributed by atoms with E-state index in [4.69, 9.17) is 0 Å². The van der Waals surface area contributed by atoms with E-state index in [1.165, 1.54) is 38.5 Å². The molecule has 4 heteroatoms. The second kappa shape index (κ2) is 8.89. The van der Waals surface area contributed by atoms with Crippen LogP contribution in [0.15, 0.2) is 0 Å². The highest BCUT2D eigenvalue weighted by atomic mass is 35.5. The van der Waals surface area contributed by atoms with Crippen molar-refractivity contribution < 1.29 is 4.79 Å². The lowest BCUT2D eigenvalue weighted by Crippen LogP contribution is -2.48. The molecule has 2 rings (SSSR count). The molecule has 1 amide bonds. The van der Waals surface area contributed by atoms with Crippen LogP contribution in [-0.4, -0.2) is 37.0 Å². The van der Waals surface area contributed by atoms with Crippen LogP contribution in [0.4, 0.5) is 0 Å². The SMILES string of the molecule is CNC1CCCN(C(=O)C(C)CC2CCCCC2)C1.Cl. The van der Waals surface area contributed by atoms with E-state index >= 15 is 0 Å². The first-order chi connectivity index (χ1) is 9.20. The van der Waals surface area contributed by atoms with Gasteiger partial charge in [0.2, 0.25) is 5.91 Å². The Morgan fingerprint density at radius 3 is 2.55 bits per heavy atom. The zero-order chi connectivity index (χ0) is 13.7. The number of halogens is 1. The topological polar surface area (TPSA) is 32.3 Å². The molecule has 2 atom stereocenters. The van der Waals surface area contributed by atoms with Crippen molar-refractivity contribution in [2.75, 3.05) is 20.1 Å². The van der Waals surface area contributed by atoms with Crippen LogP contribution in [0.5, 0.6) is 0 Å². The summed E-state index contributed by atoms with van der Waals surface area (Å²) in [6.45, 7) is 4.01. The van der Waals surface area contributed by atoms with Crippen LogP contribution in [-0.2, 0) is 4.79 Å². The molecule has 0 aromatic carbocycles. The molecule has 20 heavy (non-hydrogen) atoms. The van der Waals surface area contributed by atoms with E-state index in [0.29, 0.717) is 11.9 Å². The average molecular weight is 303 g/mol. The van der Waals surface area contributed by atoms with Gasteiger partial charge < -0.3 is 10.2 Å². The molecule has 0 radical (unpaired) electrons. The van der Waals surface area contributed by atoms with Crippen molar-refractivity contribution in [1.29, 1.82) is 0 Å². The Labute approximate surface area is 130 Å². The second-order valence-corrected chi connectivity index (χ2v) is 6.55. The molecule has 0 spiro atoms. The monoisotopic (exact) mass is 302 g/mol. The Hall–Kier alpha value is -0.280. The first kappa shape index (κ1) is 17.8. The van der Waals surface area contributed by atoms with Gasteiger partial charge in [-0.2, -0.15) is 0 Å². The Kier molecular flexibility index (Phi) is 7.90. The molecular formula is C16H31ClN2O. The van der Waals surface area contributed by atoms with Crippen molar-refractivity contribution in [3.05, 3.63) is 0 Å². The predicted octanol–water partition coefficient (Wildman–Crippen LogP) is 3.23. The van der Waals surface area contributed by atoms with Crippen LogP contribution in [0.1, 0.15) is 58.3 Å². The maximum atomic E-state index is 12.5. The normalized spacial score (nSPS) is 25.9. The summed E-state index contributed by atoms with van der Waals surface area (Å²) >= 11 is 0. The lowest BCUT2D eigenvalue weighted by molar-refractivity contribution is -0.137. The molecule has 1 saturated carbocycles. The molecule has 1 aliphatic carbocycles. The number of likely N-dealkylation sites (N-methyl/N-ethyl adjacent to an activating group) is 1. The molecule has 1 N–H and O–H groups in total. The van der Waals surface area contributed by atoms with Gasteiger partial charge in [0.15, 0.2) is 0 Å². The lowest BCUT2D eigenvalue weighted by Gasteiger charge is -2.35. The molecule has 3 nitrogen and oxygen atoms in total. The number of amides is 1. The van der Waals surface area contributed by atoms with Gasteiger partial charge in [-0.1, -0.05) is 39.0 Å². The van der Waals surface area contributed by atoms with Crippen molar-refractivity contribution in [3.63, 3.8) is 0 Å². The van der Waals surface area contributed by atoms with E-state index in [-0.39, 0.29) is 18.3 Å². The minimum atomic E-state index is 0. The Morgan fingerprint density at radius 2 is 1.90 bits per heavy atom. The molecule has 1 aliphatic heterocycles. The fourth-order valence-corrected chi connectivity index (χ4v) is 3.75. The van der Waals surface area contributed by atoms with Crippen LogP contribution < -0.4 is 5.32 Å². The quantitative estimate of drug-likeness (QED) is 0.865. The highest BCUT2D eigenvalue weighted by Gasteiger charge is 2.27. The summed E-state index contributed by atoms with van der Waals surface area (Å²) in [4.78, 5) is 14.6. The number of hydrogen-bond acceptors (Lipinski definition) is 2. The molecule has 2 fully saturated rings. The van der Waals surface area contributed by atoms with Crippen molar-refractivity contribution in [2.24, 2.45) is 11.8 Å². The van der Waals surface area contributed by atoms with E-state index in [9.17, 15) is 4.79 Å². The van der Waals surface area contributed by atoms with Gasteiger partial charge in [-0.3, -0.25) is 4.79 Å². The Balaban J connectivity index is 0.00000200. The van der Waals surface area contributed by atoms with Gasteiger partial charge in [0.1, 0.15) is 0 Å². The summed E-state index contributed by atoms with van der Waals surface area (Å²) in [5, 5.41) is 3.32. The first-order valence-electron chi connectivity index (χ1n) is 8.16. The second-order valence-electron chi connectivity index (χ2n) is 6.55. The van der Waals surface area contributed by atoms with Crippen molar-refractivity contribution in [1.82, 2.24) is 10.2 Å². The maximum Gasteiger partial charge on any atom is 0.225 e. The summed E-state index contributed by atoms with van der Waals surface area (Å²) < 4.78 is 0. The third kappa shape index (κ3) is 4.92. The van der Waals surface area contributed by atoms with Crippen LogP contribution in [0.3, 0.4) is 0 Å². The van der Waals surface area contributed by atoms with E-state index in [1.54, 1.807) is 0 Å². The highest BCUT2D eigenvalue weighted by Crippen LogP contribution is 2.29. The van der Waals surface area contributed by atoms with Gasteiger partial charge in [0.25, 0.3) is 0 Å². The average Bonchev–Trinajstić information content (AvgIpc) is 2.47. The molecule has 118 valence electrons. The number of likely N-dealkylation sites (tertiary alicyclic amines) is 1. The lowest BCUT2D eigenvalue weighted by atomic mass is 9.83. The van der Waals surface area contributed by atoms with E-state index in [1.807, 2.05) is 7.05 Å². The van der Waals surface area contributed by atoms with Crippen LogP contribution in [0.2, 0.25) is 0 Å². The minimum absolute atomic E-state index is 0. The molecule has 2 aliphatic rings. The number of hydrogen-bond donors (Lipinski definition) is 1. The number of rotatable bonds is 4. The summed E-state index contributed by atoms with van der Waals surface area (Å²) in [5.74, 6) is 1.42. The molecule has 1 saturated heterocycles. The van der Waals surface area contributed by atoms with Gasteiger partial charge in [-0.25, -0.2) is 0 Å². The molecule has 0 aromatic heterocycles. The van der Waals surface area contributed by atoms with E-state index in [0.717, 1.165) is 31.8 Å². The van der Waals surface area contributed by atoms with Gasteiger partial charge in [0.05, 0.1) is 0 Å². The molecule has 0 bridgehead atoms. The zero-order valence-electron chi connectivity index (χ0n) is 13.1.